The monoisotopic (exact) mass is 586 g/mol. The number of nitrogens with zero attached hydrogens (tertiary/aromatic N) is 2. The second-order valence-electron chi connectivity index (χ2n) is 12.6. The number of anilines is 1. The minimum atomic E-state index is -3.08. The number of pyridine rings is 1. The summed E-state index contributed by atoms with van der Waals surface area (Å²) >= 11 is 1.10. The average Bonchev–Trinajstić information content (AvgIpc) is 3.32. The lowest BCUT2D eigenvalue weighted by molar-refractivity contribution is -0.124. The first-order valence-corrected chi connectivity index (χ1v) is 15.3. The second-order valence-corrected chi connectivity index (χ2v) is 13.6. The van der Waals surface area contributed by atoms with E-state index in [1.165, 1.54) is 18.3 Å². The summed E-state index contributed by atoms with van der Waals surface area (Å²) in [5, 5.41) is 10.1. The van der Waals surface area contributed by atoms with Crippen molar-refractivity contribution in [2.45, 2.75) is 104 Å². The fraction of sp³-hybridized carbons (Fsp3) is 0.594. The van der Waals surface area contributed by atoms with Gasteiger partial charge in [0, 0.05) is 30.5 Å². The van der Waals surface area contributed by atoms with Gasteiger partial charge in [-0.25, -0.2) is 18.6 Å². The number of carboxylic acids is 1. The zero-order valence-electron chi connectivity index (χ0n) is 24.5. The number of carboxylic acid groups (broad SMARTS) is 1. The molecule has 9 heteroatoms. The molecule has 0 unspecified atom stereocenters. The van der Waals surface area contributed by atoms with Gasteiger partial charge in [0.25, 0.3) is 5.92 Å². The van der Waals surface area contributed by atoms with E-state index >= 15 is 0 Å². The van der Waals surface area contributed by atoms with Gasteiger partial charge in [-0.15, -0.1) is 11.3 Å². The molecule has 0 spiro atoms. The molecule has 222 valence electrons. The Hall–Kier alpha value is -2.99. The highest BCUT2D eigenvalue weighted by Gasteiger charge is 2.38. The first-order chi connectivity index (χ1) is 19.2. The van der Waals surface area contributed by atoms with Gasteiger partial charge in [-0.3, -0.25) is 4.79 Å². The number of alkyl halides is 2. The van der Waals surface area contributed by atoms with E-state index in [0.29, 0.717) is 42.2 Å². The molecule has 0 aliphatic heterocycles. The molecule has 0 atom stereocenters. The van der Waals surface area contributed by atoms with Crippen LogP contribution in [0.25, 0.3) is 0 Å². The molecule has 2 aromatic rings. The van der Waals surface area contributed by atoms with E-state index in [-0.39, 0.29) is 45.7 Å². The molecule has 0 bridgehead atoms. The highest BCUT2D eigenvalue weighted by Crippen LogP contribution is 2.40. The summed E-state index contributed by atoms with van der Waals surface area (Å²) in [6.45, 7) is 8.99. The topological polar surface area (TPSA) is 79.7 Å². The zero-order valence-corrected chi connectivity index (χ0v) is 25.3. The average molecular weight is 587 g/mol. The second kappa shape index (κ2) is 12.5. The summed E-state index contributed by atoms with van der Waals surface area (Å²) in [6, 6.07) is 4.31. The van der Waals surface area contributed by atoms with Gasteiger partial charge in [0.2, 0.25) is 11.8 Å². The summed E-state index contributed by atoms with van der Waals surface area (Å²) in [6.07, 6.45) is 6.79. The smallest absolute Gasteiger partial charge is 0.348 e. The molecule has 0 saturated heterocycles. The van der Waals surface area contributed by atoms with Crippen LogP contribution in [0.4, 0.5) is 14.5 Å². The largest absolute Gasteiger partial charge is 0.477 e. The highest BCUT2D eigenvalue weighted by atomic mass is 32.1. The van der Waals surface area contributed by atoms with E-state index in [9.17, 15) is 23.5 Å². The van der Waals surface area contributed by atoms with Crippen LogP contribution in [0.3, 0.4) is 0 Å². The van der Waals surface area contributed by atoms with Crippen LogP contribution in [0.15, 0.2) is 24.4 Å². The van der Waals surface area contributed by atoms with Gasteiger partial charge < -0.3 is 14.7 Å². The highest BCUT2D eigenvalue weighted by molar-refractivity contribution is 7.15. The molecule has 2 fully saturated rings. The Labute approximate surface area is 245 Å². The van der Waals surface area contributed by atoms with Crippen molar-refractivity contribution in [2.24, 2.45) is 17.3 Å². The molecule has 2 aromatic heterocycles. The fourth-order valence-electron chi connectivity index (χ4n) is 5.62. The Morgan fingerprint density at radius 2 is 1.73 bits per heavy atom. The number of hydrogen-bond acceptors (Lipinski definition) is 5. The molecule has 0 aromatic carbocycles. The van der Waals surface area contributed by atoms with E-state index in [1.807, 2.05) is 20.8 Å². The molecule has 2 aliphatic carbocycles. The Kier molecular flexibility index (Phi) is 9.42. The number of aromatic carboxylic acids is 1. The van der Waals surface area contributed by atoms with E-state index in [0.717, 1.165) is 43.9 Å². The lowest BCUT2D eigenvalue weighted by Crippen LogP contribution is -2.47. The van der Waals surface area contributed by atoms with Gasteiger partial charge in [-0.2, -0.15) is 0 Å². The molecule has 4 rings (SSSR count). The van der Waals surface area contributed by atoms with Crippen LogP contribution in [0.1, 0.15) is 106 Å². The fourth-order valence-corrected chi connectivity index (χ4v) is 6.46. The summed E-state index contributed by atoms with van der Waals surface area (Å²) < 4.78 is 34.2. The lowest BCUT2D eigenvalue weighted by atomic mass is 9.81. The summed E-state index contributed by atoms with van der Waals surface area (Å²) in [5.74, 6) is 2.43. The molecule has 41 heavy (non-hydrogen) atoms. The third-order valence-electron chi connectivity index (χ3n) is 7.86. The van der Waals surface area contributed by atoms with Crippen molar-refractivity contribution in [3.8, 4) is 17.7 Å². The van der Waals surface area contributed by atoms with Crippen LogP contribution in [0.5, 0.6) is 5.88 Å². The number of rotatable bonds is 7. The maximum Gasteiger partial charge on any atom is 0.348 e. The minimum absolute atomic E-state index is 0.0328. The predicted octanol–water partition coefficient (Wildman–Crippen LogP) is 7.90. The minimum Gasteiger partial charge on any atom is -0.477 e. The number of halogens is 2. The van der Waals surface area contributed by atoms with Crippen molar-refractivity contribution in [3.05, 3.63) is 39.7 Å². The predicted molar refractivity (Wildman–Crippen MR) is 157 cm³/mol. The van der Waals surface area contributed by atoms with Gasteiger partial charge >= 0.3 is 5.97 Å². The summed E-state index contributed by atoms with van der Waals surface area (Å²) in [5.41, 5.74) is -0.0971. The lowest BCUT2D eigenvalue weighted by Gasteiger charge is -2.39. The van der Waals surface area contributed by atoms with Gasteiger partial charge in [0.15, 0.2) is 0 Å². The molecule has 1 N–H and O–H groups in total. The van der Waals surface area contributed by atoms with Crippen LogP contribution in [0.2, 0.25) is 0 Å². The zero-order chi connectivity index (χ0) is 29.9. The van der Waals surface area contributed by atoms with Crippen molar-refractivity contribution >= 4 is 28.9 Å². The normalized spacial score (nSPS) is 23.3. The Morgan fingerprint density at radius 1 is 1.07 bits per heavy atom. The Bertz CT molecular complexity index is 1300. The quantitative estimate of drug-likeness (QED) is 0.334. The number of carbonyl (C=O) groups is 2. The van der Waals surface area contributed by atoms with E-state index in [1.54, 1.807) is 11.0 Å². The molecule has 2 saturated carbocycles. The standard InChI is InChI=1S/C32H40F2N2O4S/c1-20-8-10-21(11-9-20)29(37)36(26-19-24(16-17-31(2,3)4)41-27(26)30(38)39)22-12-14-23(15-13-22)40-28-25(32(5,33)34)7-6-18-35-28/h6-7,18-23H,8-15H2,1-5H3,(H,38,39)/t20-,21-,22-,23-. The maximum absolute atomic E-state index is 14.1. The molecular weight excluding hydrogens is 546 g/mol. The first kappa shape index (κ1) is 31.0. The number of amides is 1. The third kappa shape index (κ3) is 7.85. The van der Waals surface area contributed by atoms with E-state index in [2.05, 4.69) is 23.7 Å². The van der Waals surface area contributed by atoms with E-state index < -0.39 is 11.9 Å². The van der Waals surface area contributed by atoms with Crippen LogP contribution >= 0.6 is 11.3 Å². The first-order valence-electron chi connectivity index (χ1n) is 14.5. The Balaban J connectivity index is 1.61. The van der Waals surface area contributed by atoms with Crippen LogP contribution in [0, 0.1) is 29.1 Å². The van der Waals surface area contributed by atoms with Gasteiger partial charge in [-0.1, -0.05) is 18.8 Å². The van der Waals surface area contributed by atoms with Crippen molar-refractivity contribution in [1.82, 2.24) is 4.98 Å². The molecule has 6 nitrogen and oxygen atoms in total. The third-order valence-corrected chi connectivity index (χ3v) is 8.89. The Morgan fingerprint density at radius 3 is 2.32 bits per heavy atom. The van der Waals surface area contributed by atoms with Crippen LogP contribution in [-0.2, 0) is 10.7 Å². The number of thiophene rings is 1. The maximum atomic E-state index is 14.1. The number of carbonyl (C=O) groups excluding carboxylic acids is 1. The molecule has 1 amide bonds. The molecule has 2 aliphatic rings. The van der Waals surface area contributed by atoms with Gasteiger partial charge in [0.05, 0.1) is 16.1 Å². The molecule has 2 heterocycles. The van der Waals surface area contributed by atoms with Crippen molar-refractivity contribution in [3.63, 3.8) is 0 Å². The van der Waals surface area contributed by atoms with Crippen LogP contribution in [-0.4, -0.2) is 34.1 Å². The molecule has 0 radical (unpaired) electrons. The summed E-state index contributed by atoms with van der Waals surface area (Å²) in [7, 11) is 0. The number of hydrogen-bond donors (Lipinski definition) is 1. The van der Waals surface area contributed by atoms with Crippen molar-refractivity contribution < 1.29 is 28.2 Å². The van der Waals surface area contributed by atoms with Crippen LogP contribution < -0.4 is 9.64 Å². The molecular formula is C32H40F2N2O4S. The van der Waals surface area contributed by atoms with E-state index in [4.69, 9.17) is 4.74 Å². The van der Waals surface area contributed by atoms with Gasteiger partial charge in [0.1, 0.15) is 11.0 Å². The summed E-state index contributed by atoms with van der Waals surface area (Å²) in [4.78, 5) is 33.0. The number of ether oxygens (including phenoxy) is 1. The SMILES string of the molecule is CC(C)(C)C#Cc1cc(N(C(=O)[C@H]2CC[C@H](C)CC2)[C@H]2CC[C@H](Oc3ncccc3C(C)(F)F)CC2)c(C(=O)O)s1. The van der Waals surface area contributed by atoms with Crippen molar-refractivity contribution in [2.75, 3.05) is 4.90 Å². The van der Waals surface area contributed by atoms with Gasteiger partial charge in [-0.05, 0) is 96.3 Å². The van der Waals surface area contributed by atoms with Crippen molar-refractivity contribution in [1.29, 1.82) is 0 Å². The number of aromatic nitrogens is 1.